The Morgan fingerprint density at radius 3 is 1.53 bits per heavy atom. The highest BCUT2D eigenvalue weighted by molar-refractivity contribution is 6.27. The minimum Gasteiger partial charge on any atom is -0.455 e. The molecular formula is C52H32O. The highest BCUT2D eigenvalue weighted by Gasteiger charge is 2.22. The molecule has 53 heavy (non-hydrogen) atoms. The summed E-state index contributed by atoms with van der Waals surface area (Å²) in [6, 6.07) is 70.4. The molecule has 0 N–H and O–H groups in total. The minimum atomic E-state index is 0.897. The molecule has 11 rings (SSSR count). The molecule has 0 aliphatic carbocycles. The van der Waals surface area contributed by atoms with Crippen LogP contribution in [0, 0.1) is 0 Å². The van der Waals surface area contributed by atoms with Gasteiger partial charge in [-0.2, -0.15) is 0 Å². The fourth-order valence-corrected chi connectivity index (χ4v) is 8.74. The number of hydrogen-bond donors (Lipinski definition) is 0. The van der Waals surface area contributed by atoms with Crippen LogP contribution in [0.4, 0.5) is 0 Å². The monoisotopic (exact) mass is 672 g/mol. The Hall–Kier alpha value is -6.96. The zero-order chi connectivity index (χ0) is 34.9. The van der Waals surface area contributed by atoms with Gasteiger partial charge in [0.25, 0.3) is 0 Å². The van der Waals surface area contributed by atoms with Crippen LogP contribution in [0.2, 0.25) is 0 Å². The lowest BCUT2D eigenvalue weighted by molar-refractivity contribution is 0.670. The molecule has 0 saturated heterocycles. The van der Waals surface area contributed by atoms with Gasteiger partial charge >= 0.3 is 0 Å². The van der Waals surface area contributed by atoms with Gasteiger partial charge in [0.15, 0.2) is 0 Å². The molecule has 1 heteroatoms. The first kappa shape index (κ1) is 29.7. The first-order chi connectivity index (χ1) is 26.3. The molecule has 0 bridgehead atoms. The smallest absolute Gasteiger partial charge is 0.143 e. The van der Waals surface area contributed by atoms with Gasteiger partial charge in [-0.15, -0.1) is 0 Å². The summed E-state index contributed by atoms with van der Waals surface area (Å²) in [5.74, 6) is 0. The van der Waals surface area contributed by atoms with Gasteiger partial charge in [-0.3, -0.25) is 0 Å². The molecule has 0 aliphatic heterocycles. The van der Waals surface area contributed by atoms with Crippen LogP contribution < -0.4 is 0 Å². The van der Waals surface area contributed by atoms with Gasteiger partial charge < -0.3 is 4.42 Å². The second-order valence-corrected chi connectivity index (χ2v) is 13.9. The summed E-state index contributed by atoms with van der Waals surface area (Å²) in [5.41, 5.74) is 11.5. The number of furan rings is 1. The van der Waals surface area contributed by atoms with E-state index in [0.717, 1.165) is 33.1 Å². The summed E-state index contributed by atoms with van der Waals surface area (Å²) >= 11 is 0. The molecule has 246 valence electrons. The number of rotatable bonds is 4. The molecule has 1 nitrogen and oxygen atoms in total. The van der Waals surface area contributed by atoms with Crippen LogP contribution in [0.1, 0.15) is 0 Å². The van der Waals surface area contributed by atoms with Crippen molar-refractivity contribution in [2.45, 2.75) is 0 Å². The van der Waals surface area contributed by atoms with E-state index in [2.05, 4.69) is 194 Å². The molecule has 10 aromatic carbocycles. The lowest BCUT2D eigenvalue weighted by Crippen LogP contribution is -1.93. The zero-order valence-corrected chi connectivity index (χ0v) is 28.9. The maximum atomic E-state index is 6.74. The van der Waals surface area contributed by atoms with Crippen molar-refractivity contribution in [3.63, 3.8) is 0 Å². The standard InChI is InChI=1S/C52H32O/c1-2-15-34(16-3-1)38-24-12-26-47-51-46(25-13-27-48(51)53-52(38)47)50-43-22-10-8-20-41(43)49(42-21-9-11-23-44(42)50)45-31-30-37(39-18-6-7-19-40(39)45)36-29-28-33-14-4-5-17-35(33)32-36/h1-32H. The average Bonchev–Trinajstić information content (AvgIpc) is 3.62. The lowest BCUT2D eigenvalue weighted by Gasteiger charge is -2.20. The molecule has 1 heterocycles. The van der Waals surface area contributed by atoms with E-state index < -0.39 is 0 Å². The Bertz CT molecular complexity index is 3160. The quantitative estimate of drug-likeness (QED) is 0.170. The first-order valence-electron chi connectivity index (χ1n) is 18.3. The van der Waals surface area contributed by atoms with E-state index >= 15 is 0 Å². The van der Waals surface area contributed by atoms with Crippen molar-refractivity contribution in [1.82, 2.24) is 0 Å². The summed E-state index contributed by atoms with van der Waals surface area (Å²) in [6.07, 6.45) is 0. The van der Waals surface area contributed by atoms with E-state index in [0.29, 0.717) is 0 Å². The Morgan fingerprint density at radius 1 is 0.283 bits per heavy atom. The van der Waals surface area contributed by atoms with Crippen LogP contribution in [-0.4, -0.2) is 0 Å². The van der Waals surface area contributed by atoms with Crippen molar-refractivity contribution < 1.29 is 4.42 Å². The van der Waals surface area contributed by atoms with E-state index in [-0.39, 0.29) is 0 Å². The maximum Gasteiger partial charge on any atom is 0.143 e. The molecule has 0 unspecified atom stereocenters. The largest absolute Gasteiger partial charge is 0.455 e. The van der Waals surface area contributed by atoms with Gasteiger partial charge in [0, 0.05) is 16.3 Å². The van der Waals surface area contributed by atoms with Crippen molar-refractivity contribution >= 4 is 65.0 Å². The van der Waals surface area contributed by atoms with Crippen molar-refractivity contribution in [3.8, 4) is 44.5 Å². The number of benzene rings is 10. The maximum absolute atomic E-state index is 6.74. The van der Waals surface area contributed by atoms with Crippen LogP contribution in [0.25, 0.3) is 110 Å². The Morgan fingerprint density at radius 2 is 0.811 bits per heavy atom. The van der Waals surface area contributed by atoms with E-state index in [1.807, 2.05) is 0 Å². The Balaban J connectivity index is 1.19. The lowest BCUT2D eigenvalue weighted by atomic mass is 9.83. The molecule has 0 atom stereocenters. The summed E-state index contributed by atoms with van der Waals surface area (Å²) in [4.78, 5) is 0. The van der Waals surface area contributed by atoms with Gasteiger partial charge in [-0.25, -0.2) is 0 Å². The molecule has 0 fully saturated rings. The number of para-hydroxylation sites is 1. The third kappa shape index (κ3) is 4.58. The Kier molecular flexibility index (Phi) is 6.62. The summed E-state index contributed by atoms with van der Waals surface area (Å²) in [7, 11) is 0. The Labute approximate surface area is 307 Å². The van der Waals surface area contributed by atoms with Crippen molar-refractivity contribution in [1.29, 1.82) is 0 Å². The topological polar surface area (TPSA) is 13.1 Å². The van der Waals surface area contributed by atoms with Crippen LogP contribution in [0.3, 0.4) is 0 Å². The van der Waals surface area contributed by atoms with Crippen LogP contribution in [-0.2, 0) is 0 Å². The summed E-state index contributed by atoms with van der Waals surface area (Å²) in [6.45, 7) is 0. The molecular weight excluding hydrogens is 641 g/mol. The third-order valence-electron chi connectivity index (χ3n) is 11.1. The first-order valence-corrected chi connectivity index (χ1v) is 18.3. The molecule has 0 aliphatic rings. The van der Waals surface area contributed by atoms with Crippen molar-refractivity contribution in [3.05, 3.63) is 194 Å². The number of fused-ring (bicyclic) bond motifs is 7. The second-order valence-electron chi connectivity index (χ2n) is 13.9. The summed E-state index contributed by atoms with van der Waals surface area (Å²) < 4.78 is 6.74. The van der Waals surface area contributed by atoms with Gasteiger partial charge in [0.05, 0.1) is 0 Å². The minimum absolute atomic E-state index is 0.897. The molecule has 0 spiro atoms. The van der Waals surface area contributed by atoms with Crippen LogP contribution in [0.5, 0.6) is 0 Å². The zero-order valence-electron chi connectivity index (χ0n) is 28.9. The summed E-state index contributed by atoms with van der Waals surface area (Å²) in [5, 5.41) is 12.2. The third-order valence-corrected chi connectivity index (χ3v) is 11.1. The van der Waals surface area contributed by atoms with E-state index in [1.165, 1.54) is 76.5 Å². The van der Waals surface area contributed by atoms with E-state index in [4.69, 9.17) is 4.42 Å². The normalized spacial score (nSPS) is 11.8. The second kappa shape index (κ2) is 11.8. The molecule has 11 aromatic rings. The van der Waals surface area contributed by atoms with Crippen LogP contribution >= 0.6 is 0 Å². The highest BCUT2D eigenvalue weighted by atomic mass is 16.3. The molecule has 0 amide bonds. The fourth-order valence-electron chi connectivity index (χ4n) is 8.74. The SMILES string of the molecule is c1ccc(-c2cccc3c2oc2cccc(-c4c5ccccc5c(-c5ccc(-c6ccc7ccccc7c6)c6ccccc56)c5ccccc45)c23)cc1. The highest BCUT2D eigenvalue weighted by Crippen LogP contribution is 2.49. The predicted octanol–water partition coefficient (Wildman–Crippen LogP) is 14.9. The fraction of sp³-hybridized carbons (Fsp3) is 0. The molecule has 0 saturated carbocycles. The van der Waals surface area contributed by atoms with Gasteiger partial charge in [-0.05, 0) is 94.2 Å². The number of hydrogen-bond acceptors (Lipinski definition) is 1. The van der Waals surface area contributed by atoms with E-state index in [9.17, 15) is 0 Å². The van der Waals surface area contributed by atoms with Crippen molar-refractivity contribution in [2.75, 3.05) is 0 Å². The predicted molar refractivity (Wildman–Crippen MR) is 225 cm³/mol. The van der Waals surface area contributed by atoms with Gasteiger partial charge in [-0.1, -0.05) is 182 Å². The van der Waals surface area contributed by atoms with Gasteiger partial charge in [0.2, 0.25) is 0 Å². The molecule has 1 aromatic heterocycles. The van der Waals surface area contributed by atoms with Crippen molar-refractivity contribution in [2.24, 2.45) is 0 Å². The molecule has 0 radical (unpaired) electrons. The van der Waals surface area contributed by atoms with Crippen LogP contribution in [0.15, 0.2) is 199 Å². The van der Waals surface area contributed by atoms with Gasteiger partial charge in [0.1, 0.15) is 11.2 Å². The van der Waals surface area contributed by atoms with E-state index in [1.54, 1.807) is 0 Å². The average molecular weight is 673 g/mol.